The molecule has 0 unspecified atom stereocenters. The third-order valence-corrected chi connectivity index (χ3v) is 5.41. The second-order valence-corrected chi connectivity index (χ2v) is 8.25. The van der Waals surface area contributed by atoms with Crippen LogP contribution in [-0.2, 0) is 40.0 Å². The van der Waals surface area contributed by atoms with Gasteiger partial charge in [0.15, 0.2) is 0 Å². The van der Waals surface area contributed by atoms with Crippen LogP contribution in [0.4, 0.5) is 18.0 Å². The number of hydrogen-bond donors (Lipinski definition) is 3. The first-order chi connectivity index (χ1) is 17.6. The number of rotatable bonds is 10. The second-order valence-electron chi connectivity index (χ2n) is 8.25. The smallest absolute Gasteiger partial charge is 0.416 e. The maximum atomic E-state index is 13.1. The quantitative estimate of drug-likeness (QED) is 0.373. The van der Waals surface area contributed by atoms with Crippen molar-refractivity contribution in [1.29, 1.82) is 0 Å². The Morgan fingerprint density at radius 2 is 1.32 bits per heavy atom. The zero-order chi connectivity index (χ0) is 26.8. The molecule has 3 rings (SSSR count). The Bertz CT molecular complexity index is 1200. The van der Waals surface area contributed by atoms with E-state index in [4.69, 9.17) is 4.74 Å². The minimum absolute atomic E-state index is 0.0308. The van der Waals surface area contributed by atoms with Crippen LogP contribution in [0.1, 0.15) is 22.3 Å². The number of ether oxygens (including phenoxy) is 1. The normalized spacial score (nSPS) is 12.7. The molecule has 2 amide bonds. The summed E-state index contributed by atoms with van der Waals surface area (Å²) in [6, 6.07) is 19.1. The van der Waals surface area contributed by atoms with Crippen LogP contribution >= 0.6 is 0 Å². The number of halogens is 3. The highest BCUT2D eigenvalue weighted by Gasteiger charge is 2.31. The number of carboxylic acids is 1. The van der Waals surface area contributed by atoms with Crippen molar-refractivity contribution < 1.29 is 37.4 Å². The molecule has 3 N–H and O–H groups in total. The molecule has 0 spiro atoms. The Balaban J connectivity index is 1.72. The molecule has 0 heterocycles. The highest BCUT2D eigenvalue weighted by atomic mass is 19.4. The van der Waals surface area contributed by atoms with Gasteiger partial charge in [-0.05, 0) is 22.8 Å². The third-order valence-electron chi connectivity index (χ3n) is 5.41. The SMILES string of the molecule is O=C(N[C@H](Cc1ccccc1)C(=O)N[C@H](Cc1cccc(C(F)(F)F)c1)C(=O)O)OCc1ccccc1. The number of nitrogens with one attached hydrogen (secondary N) is 2. The van der Waals surface area contributed by atoms with Crippen molar-refractivity contribution in [2.45, 2.75) is 37.7 Å². The van der Waals surface area contributed by atoms with E-state index in [0.717, 1.165) is 17.7 Å². The zero-order valence-electron chi connectivity index (χ0n) is 19.6. The highest BCUT2D eigenvalue weighted by molar-refractivity contribution is 5.89. The molecule has 0 aliphatic heterocycles. The van der Waals surface area contributed by atoms with Crippen molar-refractivity contribution in [3.8, 4) is 0 Å². The van der Waals surface area contributed by atoms with E-state index in [1.54, 1.807) is 54.6 Å². The Hall–Kier alpha value is -4.34. The van der Waals surface area contributed by atoms with Crippen LogP contribution in [0, 0.1) is 0 Å². The molecule has 0 aromatic heterocycles. The molecule has 0 aliphatic rings. The van der Waals surface area contributed by atoms with Gasteiger partial charge in [-0.2, -0.15) is 13.2 Å². The molecule has 37 heavy (non-hydrogen) atoms. The van der Waals surface area contributed by atoms with Gasteiger partial charge in [0.25, 0.3) is 0 Å². The van der Waals surface area contributed by atoms with E-state index in [1.165, 1.54) is 12.1 Å². The standard InChI is InChI=1S/C27H25F3N2O5/c28-27(29,30)21-13-7-12-20(14-21)16-23(25(34)35)31-24(33)22(15-18-8-3-1-4-9-18)32-26(36)37-17-19-10-5-2-6-11-19/h1-14,22-23H,15-17H2,(H,31,33)(H,32,36)(H,34,35)/t22-,23-/m1/s1. The summed E-state index contributed by atoms with van der Waals surface area (Å²) in [7, 11) is 0. The monoisotopic (exact) mass is 514 g/mol. The van der Waals surface area contributed by atoms with E-state index < -0.39 is 41.8 Å². The summed E-state index contributed by atoms with van der Waals surface area (Å²) in [6.45, 7) is -0.0420. The van der Waals surface area contributed by atoms with Gasteiger partial charge in [-0.25, -0.2) is 9.59 Å². The summed E-state index contributed by atoms with van der Waals surface area (Å²) in [6.07, 6.45) is -5.84. The number of alkyl halides is 3. The number of amides is 2. The molecule has 0 bridgehead atoms. The Kier molecular flexibility index (Phi) is 9.26. The van der Waals surface area contributed by atoms with Crippen LogP contribution in [0.3, 0.4) is 0 Å². The van der Waals surface area contributed by atoms with Gasteiger partial charge in [0.05, 0.1) is 5.56 Å². The molecule has 0 saturated heterocycles. The molecule has 10 heteroatoms. The van der Waals surface area contributed by atoms with Gasteiger partial charge in [0.1, 0.15) is 18.7 Å². The van der Waals surface area contributed by atoms with Gasteiger partial charge in [0, 0.05) is 12.8 Å². The molecule has 3 aromatic carbocycles. The maximum absolute atomic E-state index is 13.1. The van der Waals surface area contributed by atoms with Crippen LogP contribution in [0.5, 0.6) is 0 Å². The lowest BCUT2D eigenvalue weighted by Crippen LogP contribution is -2.53. The Morgan fingerprint density at radius 1 is 0.757 bits per heavy atom. The van der Waals surface area contributed by atoms with Gasteiger partial charge in [-0.15, -0.1) is 0 Å². The fourth-order valence-electron chi connectivity index (χ4n) is 3.55. The van der Waals surface area contributed by atoms with Crippen molar-refractivity contribution >= 4 is 18.0 Å². The first-order valence-corrected chi connectivity index (χ1v) is 11.3. The lowest BCUT2D eigenvalue weighted by Gasteiger charge is -2.22. The van der Waals surface area contributed by atoms with Crippen LogP contribution in [0.25, 0.3) is 0 Å². The molecular formula is C27H25F3N2O5. The predicted molar refractivity (Wildman–Crippen MR) is 128 cm³/mol. The Labute approximate surface area is 211 Å². The number of alkyl carbamates (subject to hydrolysis) is 1. The van der Waals surface area contributed by atoms with Gasteiger partial charge >= 0.3 is 18.2 Å². The molecule has 0 saturated carbocycles. The van der Waals surface area contributed by atoms with E-state index in [-0.39, 0.29) is 25.0 Å². The van der Waals surface area contributed by atoms with Gasteiger partial charge in [0.2, 0.25) is 5.91 Å². The van der Waals surface area contributed by atoms with E-state index in [9.17, 15) is 32.7 Å². The first kappa shape index (κ1) is 27.3. The van der Waals surface area contributed by atoms with E-state index in [2.05, 4.69) is 10.6 Å². The largest absolute Gasteiger partial charge is 0.480 e. The predicted octanol–water partition coefficient (Wildman–Crippen LogP) is 4.36. The van der Waals surface area contributed by atoms with Gasteiger partial charge < -0.3 is 20.5 Å². The van der Waals surface area contributed by atoms with E-state index >= 15 is 0 Å². The maximum Gasteiger partial charge on any atom is 0.416 e. The zero-order valence-corrected chi connectivity index (χ0v) is 19.6. The lowest BCUT2D eigenvalue weighted by molar-refractivity contribution is -0.142. The van der Waals surface area contributed by atoms with Crippen molar-refractivity contribution in [1.82, 2.24) is 10.6 Å². The summed E-state index contributed by atoms with van der Waals surface area (Å²) in [5.41, 5.74) is 0.576. The van der Waals surface area contributed by atoms with Gasteiger partial charge in [-0.1, -0.05) is 78.9 Å². The molecule has 0 fully saturated rings. The van der Waals surface area contributed by atoms with Crippen molar-refractivity contribution in [3.63, 3.8) is 0 Å². The van der Waals surface area contributed by atoms with Crippen molar-refractivity contribution in [3.05, 3.63) is 107 Å². The van der Waals surface area contributed by atoms with Crippen LogP contribution in [0.2, 0.25) is 0 Å². The highest BCUT2D eigenvalue weighted by Crippen LogP contribution is 2.29. The molecule has 0 aliphatic carbocycles. The molecule has 2 atom stereocenters. The van der Waals surface area contributed by atoms with Crippen LogP contribution in [0.15, 0.2) is 84.9 Å². The Morgan fingerprint density at radius 3 is 1.92 bits per heavy atom. The fourth-order valence-corrected chi connectivity index (χ4v) is 3.55. The number of aliphatic carboxylic acids is 1. The molecule has 7 nitrogen and oxygen atoms in total. The molecular weight excluding hydrogens is 489 g/mol. The third kappa shape index (κ3) is 8.68. The molecule has 194 valence electrons. The van der Waals surface area contributed by atoms with E-state index in [1.807, 2.05) is 6.07 Å². The first-order valence-electron chi connectivity index (χ1n) is 11.3. The van der Waals surface area contributed by atoms with Crippen LogP contribution < -0.4 is 10.6 Å². The number of hydrogen-bond acceptors (Lipinski definition) is 4. The minimum Gasteiger partial charge on any atom is -0.480 e. The van der Waals surface area contributed by atoms with Crippen LogP contribution in [-0.4, -0.2) is 35.2 Å². The summed E-state index contributed by atoms with van der Waals surface area (Å²) < 4.78 is 44.3. The fraction of sp³-hybridized carbons (Fsp3) is 0.222. The number of carboxylic acid groups (broad SMARTS) is 1. The average molecular weight is 515 g/mol. The lowest BCUT2D eigenvalue weighted by atomic mass is 10.0. The van der Waals surface area contributed by atoms with Crippen molar-refractivity contribution in [2.24, 2.45) is 0 Å². The molecule has 0 radical (unpaired) electrons. The summed E-state index contributed by atoms with van der Waals surface area (Å²) in [5.74, 6) is -2.25. The number of benzene rings is 3. The van der Waals surface area contributed by atoms with Gasteiger partial charge in [-0.3, -0.25) is 4.79 Å². The average Bonchev–Trinajstić information content (AvgIpc) is 2.87. The minimum atomic E-state index is -4.59. The van der Waals surface area contributed by atoms with E-state index in [0.29, 0.717) is 5.56 Å². The summed E-state index contributed by atoms with van der Waals surface area (Å²) in [4.78, 5) is 37.3. The topological polar surface area (TPSA) is 105 Å². The summed E-state index contributed by atoms with van der Waals surface area (Å²) >= 11 is 0. The summed E-state index contributed by atoms with van der Waals surface area (Å²) in [5, 5.41) is 14.4. The molecule has 3 aromatic rings. The number of carbonyl (C=O) groups excluding carboxylic acids is 2. The van der Waals surface area contributed by atoms with Crippen molar-refractivity contribution in [2.75, 3.05) is 0 Å². The number of carbonyl (C=O) groups is 3. The second kappa shape index (κ2) is 12.6.